The van der Waals surface area contributed by atoms with Crippen LogP contribution in [-0.4, -0.2) is 22.5 Å². The molecule has 0 fully saturated rings. The van der Waals surface area contributed by atoms with Gasteiger partial charge in [-0.3, -0.25) is 14.9 Å². The van der Waals surface area contributed by atoms with Crippen molar-refractivity contribution in [2.24, 2.45) is 0 Å². The summed E-state index contributed by atoms with van der Waals surface area (Å²) in [4.78, 5) is 22.5. The van der Waals surface area contributed by atoms with Crippen LogP contribution in [0.2, 0.25) is 0 Å². The summed E-state index contributed by atoms with van der Waals surface area (Å²) in [5.74, 6) is -0.241. The van der Waals surface area contributed by atoms with Crippen molar-refractivity contribution < 1.29 is 14.8 Å². The summed E-state index contributed by atoms with van der Waals surface area (Å²) in [5, 5.41) is 26.3. The molecule has 126 valence electrons. The fourth-order valence-corrected chi connectivity index (χ4v) is 2.28. The van der Waals surface area contributed by atoms with Crippen LogP contribution in [0.4, 0.5) is 17.1 Å². The van der Waals surface area contributed by atoms with Gasteiger partial charge in [-0.05, 0) is 19.1 Å². The minimum atomic E-state index is -0.688. The van der Waals surface area contributed by atoms with Crippen LogP contribution in [0.15, 0.2) is 48.5 Å². The summed E-state index contributed by atoms with van der Waals surface area (Å²) in [6.07, 6.45) is -0.549. The maximum Gasteiger partial charge on any atom is 0.292 e. The van der Waals surface area contributed by atoms with Gasteiger partial charge in [0.05, 0.1) is 11.0 Å². The van der Waals surface area contributed by atoms with Gasteiger partial charge in [-0.15, -0.1) is 0 Å². The number of hydrogen-bond acceptors (Lipinski definition) is 5. The second-order valence-electron chi connectivity index (χ2n) is 5.26. The summed E-state index contributed by atoms with van der Waals surface area (Å²) in [7, 11) is 0. The Balaban J connectivity index is 1.92. The molecule has 2 aromatic carbocycles. The number of nitrogens with one attached hydrogen (secondary N) is 2. The highest BCUT2D eigenvalue weighted by Crippen LogP contribution is 2.24. The monoisotopic (exact) mass is 329 g/mol. The summed E-state index contributed by atoms with van der Waals surface area (Å²) < 4.78 is 0. The molecule has 0 heterocycles. The van der Waals surface area contributed by atoms with Crippen LogP contribution in [0.1, 0.15) is 25.0 Å². The van der Waals surface area contributed by atoms with Crippen LogP contribution in [0.5, 0.6) is 0 Å². The standard InChI is InChI=1S/C17H19N3O4/c1-12(21)13-6-2-3-7-14(13)19-17(22)10-11-18-15-8-4-5-9-16(15)20(23)24/h2-9,12,18,21H,10-11H2,1H3,(H,19,22). The molecular weight excluding hydrogens is 310 g/mol. The van der Waals surface area contributed by atoms with Crippen LogP contribution in [0, 0.1) is 10.1 Å². The van der Waals surface area contributed by atoms with E-state index >= 15 is 0 Å². The summed E-state index contributed by atoms with van der Waals surface area (Å²) in [6.45, 7) is 1.88. The quantitative estimate of drug-likeness (QED) is 0.535. The summed E-state index contributed by atoms with van der Waals surface area (Å²) in [6, 6.07) is 13.3. The number of amides is 1. The second kappa shape index (κ2) is 8.07. The summed E-state index contributed by atoms with van der Waals surface area (Å²) in [5.41, 5.74) is 1.54. The molecule has 3 N–H and O–H groups in total. The van der Waals surface area contributed by atoms with E-state index in [-0.39, 0.29) is 24.6 Å². The van der Waals surface area contributed by atoms with Crippen molar-refractivity contribution in [2.75, 3.05) is 17.2 Å². The van der Waals surface area contributed by atoms with Gasteiger partial charge in [0.15, 0.2) is 0 Å². The van der Waals surface area contributed by atoms with Gasteiger partial charge >= 0.3 is 0 Å². The van der Waals surface area contributed by atoms with Gasteiger partial charge in [0.2, 0.25) is 5.91 Å². The van der Waals surface area contributed by atoms with Crippen molar-refractivity contribution in [3.8, 4) is 0 Å². The molecule has 0 aromatic heterocycles. The third kappa shape index (κ3) is 4.53. The molecule has 7 nitrogen and oxygen atoms in total. The molecule has 0 bridgehead atoms. The van der Waals surface area contributed by atoms with E-state index in [1.54, 1.807) is 49.4 Å². The molecule has 7 heteroatoms. The molecule has 24 heavy (non-hydrogen) atoms. The SMILES string of the molecule is CC(O)c1ccccc1NC(=O)CCNc1ccccc1[N+](=O)[O-]. The first-order chi connectivity index (χ1) is 11.5. The predicted molar refractivity (Wildman–Crippen MR) is 91.9 cm³/mol. The molecule has 0 aliphatic rings. The van der Waals surface area contributed by atoms with Crippen molar-refractivity contribution in [3.63, 3.8) is 0 Å². The third-order valence-corrected chi connectivity index (χ3v) is 3.45. The van der Waals surface area contributed by atoms with Gasteiger partial charge in [0, 0.05) is 30.3 Å². The third-order valence-electron chi connectivity index (χ3n) is 3.45. The number of aliphatic hydroxyl groups excluding tert-OH is 1. The Morgan fingerprint density at radius 1 is 1.17 bits per heavy atom. The van der Waals surface area contributed by atoms with Crippen molar-refractivity contribution in [1.29, 1.82) is 0 Å². The van der Waals surface area contributed by atoms with Gasteiger partial charge in [-0.1, -0.05) is 30.3 Å². The smallest absolute Gasteiger partial charge is 0.292 e. The first-order valence-electron chi connectivity index (χ1n) is 7.53. The zero-order valence-corrected chi connectivity index (χ0v) is 13.2. The van der Waals surface area contributed by atoms with Gasteiger partial charge in [-0.2, -0.15) is 0 Å². The van der Waals surface area contributed by atoms with E-state index in [1.807, 2.05) is 0 Å². The Hall–Kier alpha value is -2.93. The fraction of sp³-hybridized carbons (Fsp3) is 0.235. The minimum absolute atomic E-state index is 0.0302. The van der Waals surface area contributed by atoms with Crippen molar-refractivity contribution in [3.05, 3.63) is 64.2 Å². The molecule has 0 saturated carbocycles. The number of benzene rings is 2. The number of carbonyl (C=O) groups excluding carboxylic acids is 1. The molecule has 1 atom stereocenters. The van der Waals surface area contributed by atoms with Gasteiger partial charge in [-0.25, -0.2) is 0 Å². The number of aliphatic hydroxyl groups is 1. The number of nitro groups is 1. The topological polar surface area (TPSA) is 104 Å². The molecule has 0 radical (unpaired) electrons. The van der Waals surface area contributed by atoms with Crippen molar-refractivity contribution >= 4 is 23.0 Å². The number of nitrogens with zero attached hydrogens (tertiary/aromatic N) is 1. The number of para-hydroxylation sites is 3. The number of carbonyl (C=O) groups is 1. The molecule has 0 aliphatic carbocycles. The second-order valence-corrected chi connectivity index (χ2v) is 5.26. The zero-order chi connectivity index (χ0) is 17.5. The van der Waals surface area contributed by atoms with Crippen molar-refractivity contribution in [1.82, 2.24) is 0 Å². The van der Waals surface area contributed by atoms with E-state index in [0.29, 0.717) is 16.9 Å². The van der Waals surface area contributed by atoms with Gasteiger partial charge in [0.1, 0.15) is 5.69 Å². The molecule has 1 unspecified atom stereocenters. The van der Waals surface area contributed by atoms with E-state index in [1.165, 1.54) is 6.07 Å². The lowest BCUT2D eigenvalue weighted by atomic mass is 10.1. The van der Waals surface area contributed by atoms with Crippen LogP contribution in [0.3, 0.4) is 0 Å². The van der Waals surface area contributed by atoms with E-state index in [4.69, 9.17) is 0 Å². The van der Waals surface area contributed by atoms with Crippen LogP contribution in [-0.2, 0) is 4.79 Å². The normalized spacial score (nSPS) is 11.6. The van der Waals surface area contributed by atoms with E-state index in [9.17, 15) is 20.0 Å². The molecular formula is C17H19N3O4. The van der Waals surface area contributed by atoms with Crippen LogP contribution in [0.25, 0.3) is 0 Å². The average molecular weight is 329 g/mol. The maximum atomic E-state index is 12.0. The van der Waals surface area contributed by atoms with E-state index < -0.39 is 11.0 Å². The molecule has 0 spiro atoms. The molecule has 2 rings (SSSR count). The van der Waals surface area contributed by atoms with Gasteiger partial charge < -0.3 is 15.7 Å². The Morgan fingerprint density at radius 2 is 1.79 bits per heavy atom. The Labute approximate surface area is 139 Å². The first kappa shape index (κ1) is 17.4. The lowest BCUT2D eigenvalue weighted by molar-refractivity contribution is -0.384. The highest BCUT2D eigenvalue weighted by molar-refractivity contribution is 5.91. The van der Waals surface area contributed by atoms with Crippen LogP contribution < -0.4 is 10.6 Å². The number of anilines is 2. The Morgan fingerprint density at radius 3 is 2.46 bits per heavy atom. The van der Waals surface area contributed by atoms with Gasteiger partial charge in [0.25, 0.3) is 5.69 Å². The van der Waals surface area contributed by atoms with Crippen LogP contribution >= 0.6 is 0 Å². The summed E-state index contributed by atoms with van der Waals surface area (Å²) >= 11 is 0. The number of rotatable bonds is 7. The van der Waals surface area contributed by atoms with Crippen molar-refractivity contribution in [2.45, 2.75) is 19.4 Å². The highest BCUT2D eigenvalue weighted by Gasteiger charge is 2.13. The largest absolute Gasteiger partial charge is 0.389 e. The Kier molecular flexibility index (Phi) is 5.86. The minimum Gasteiger partial charge on any atom is -0.389 e. The molecule has 0 aliphatic heterocycles. The molecule has 0 saturated heterocycles. The number of nitro benzene ring substituents is 1. The average Bonchev–Trinajstić information content (AvgIpc) is 2.55. The first-order valence-corrected chi connectivity index (χ1v) is 7.53. The van der Waals surface area contributed by atoms with E-state index in [0.717, 1.165) is 0 Å². The van der Waals surface area contributed by atoms with E-state index in [2.05, 4.69) is 10.6 Å². The maximum absolute atomic E-state index is 12.0. The predicted octanol–water partition coefficient (Wildman–Crippen LogP) is 3.09. The fourth-order valence-electron chi connectivity index (χ4n) is 2.28. The molecule has 2 aromatic rings. The highest BCUT2D eigenvalue weighted by atomic mass is 16.6. The lowest BCUT2D eigenvalue weighted by Crippen LogP contribution is -2.17. The Bertz CT molecular complexity index is 731. The number of hydrogen-bond donors (Lipinski definition) is 3. The molecule has 1 amide bonds. The lowest BCUT2D eigenvalue weighted by Gasteiger charge is -2.13. The zero-order valence-electron chi connectivity index (χ0n) is 13.2.